The average molecular weight is 506 g/mol. The van der Waals surface area contributed by atoms with Crippen LogP contribution in [0.3, 0.4) is 0 Å². The van der Waals surface area contributed by atoms with Gasteiger partial charge in [0, 0.05) is 16.7 Å². The minimum Gasteiger partial charge on any atom is -0.324 e. The van der Waals surface area contributed by atoms with Crippen LogP contribution in [-0.2, 0) is 18.3 Å². The van der Waals surface area contributed by atoms with Gasteiger partial charge in [0.25, 0.3) is 0 Å². The fourth-order valence-corrected chi connectivity index (χ4v) is 8.40. The molecule has 4 aliphatic rings. The molecule has 0 bridgehead atoms. The molecule has 12 heteroatoms. The second-order valence-corrected chi connectivity index (χ2v) is 13.1. The largest absolute Gasteiger partial charge is 0.491 e. The van der Waals surface area contributed by atoms with E-state index in [1.54, 1.807) is 6.92 Å². The molecule has 7 N–H and O–H groups in total. The van der Waals surface area contributed by atoms with Crippen LogP contribution in [0.4, 0.5) is 0 Å². The zero-order valence-corrected chi connectivity index (χ0v) is 21.1. The SMILES string of the molecule is C/C(NOP(=O)(O)O)=C1\CCC2(N)C3CCC4=CC(OP(=O)(O)O)CCC4(C)C3CCC12C. The lowest BCUT2D eigenvalue weighted by atomic mass is 9.45. The third kappa shape index (κ3) is 4.44. The summed E-state index contributed by atoms with van der Waals surface area (Å²) in [7, 11) is -9.18. The minimum atomic E-state index is -4.64. The molecule has 4 rings (SSSR count). The van der Waals surface area contributed by atoms with E-state index in [1.165, 1.54) is 5.57 Å². The van der Waals surface area contributed by atoms with E-state index in [4.69, 9.17) is 20.0 Å². The van der Waals surface area contributed by atoms with Crippen molar-refractivity contribution < 1.29 is 37.9 Å². The fraction of sp³-hybridized carbons (Fsp3) is 0.810. The van der Waals surface area contributed by atoms with Gasteiger partial charge in [-0.15, -0.1) is 0 Å². The Bertz CT molecular complexity index is 973. The van der Waals surface area contributed by atoms with Gasteiger partial charge in [-0.3, -0.25) is 10.0 Å². The van der Waals surface area contributed by atoms with Crippen molar-refractivity contribution in [1.82, 2.24) is 5.48 Å². The van der Waals surface area contributed by atoms with Gasteiger partial charge in [0.05, 0.1) is 6.10 Å². The highest BCUT2D eigenvalue weighted by atomic mass is 31.2. The van der Waals surface area contributed by atoms with Gasteiger partial charge in [-0.1, -0.05) is 25.5 Å². The van der Waals surface area contributed by atoms with E-state index in [0.717, 1.165) is 50.5 Å². The monoisotopic (exact) mass is 506 g/mol. The van der Waals surface area contributed by atoms with Crippen LogP contribution in [0.1, 0.15) is 72.1 Å². The van der Waals surface area contributed by atoms with Crippen molar-refractivity contribution in [2.75, 3.05) is 0 Å². The van der Waals surface area contributed by atoms with Crippen molar-refractivity contribution in [1.29, 1.82) is 0 Å². The Morgan fingerprint density at radius 3 is 2.36 bits per heavy atom. The molecular formula is C21H36N2O8P2. The summed E-state index contributed by atoms with van der Waals surface area (Å²) in [6, 6.07) is 0. The summed E-state index contributed by atoms with van der Waals surface area (Å²) in [5.74, 6) is 0.649. The van der Waals surface area contributed by atoms with Crippen LogP contribution in [-0.4, -0.2) is 31.2 Å². The van der Waals surface area contributed by atoms with E-state index < -0.39 is 27.3 Å². The predicted molar refractivity (Wildman–Crippen MR) is 121 cm³/mol. The minimum absolute atomic E-state index is 0.0747. The van der Waals surface area contributed by atoms with Crippen molar-refractivity contribution in [3.8, 4) is 0 Å². The highest BCUT2D eigenvalue weighted by molar-refractivity contribution is 7.46. The number of fused-ring (bicyclic) bond motifs is 5. The van der Waals surface area contributed by atoms with Crippen molar-refractivity contribution in [2.24, 2.45) is 28.4 Å². The topological polar surface area (TPSA) is 172 Å². The van der Waals surface area contributed by atoms with E-state index >= 15 is 0 Å². The summed E-state index contributed by atoms with van der Waals surface area (Å²) in [4.78, 5) is 36.5. The summed E-state index contributed by atoms with van der Waals surface area (Å²) in [6.07, 6.45) is 7.84. The molecule has 0 amide bonds. The summed E-state index contributed by atoms with van der Waals surface area (Å²) in [5, 5.41) is 0. The zero-order chi connectivity index (χ0) is 24.4. The Labute approximate surface area is 194 Å². The molecule has 188 valence electrons. The van der Waals surface area contributed by atoms with Gasteiger partial charge < -0.3 is 25.3 Å². The summed E-state index contributed by atoms with van der Waals surface area (Å²) in [5.41, 5.74) is 11.8. The average Bonchev–Trinajstić information content (AvgIpc) is 2.96. The molecule has 0 radical (unpaired) electrons. The molecule has 10 nitrogen and oxygen atoms in total. The summed E-state index contributed by atoms with van der Waals surface area (Å²) < 4.78 is 32.0. The summed E-state index contributed by atoms with van der Waals surface area (Å²) >= 11 is 0. The Morgan fingerprint density at radius 1 is 1.03 bits per heavy atom. The Kier molecular flexibility index (Phi) is 6.39. The quantitative estimate of drug-likeness (QED) is 0.184. The Balaban J connectivity index is 1.60. The normalized spacial score (nSPS) is 42.7. The lowest BCUT2D eigenvalue weighted by molar-refractivity contribution is -0.0488. The third-order valence-corrected chi connectivity index (χ3v) is 10.1. The van der Waals surface area contributed by atoms with Crippen LogP contribution in [0.15, 0.2) is 22.9 Å². The maximum absolute atomic E-state index is 11.3. The molecule has 0 spiro atoms. The lowest BCUT2D eigenvalue weighted by Gasteiger charge is -2.62. The molecule has 3 fully saturated rings. The van der Waals surface area contributed by atoms with Crippen LogP contribution < -0.4 is 11.2 Å². The molecular weight excluding hydrogens is 470 g/mol. The smallest absolute Gasteiger partial charge is 0.324 e. The molecule has 0 aromatic rings. The molecule has 6 atom stereocenters. The van der Waals surface area contributed by atoms with E-state index in [1.807, 2.05) is 6.08 Å². The van der Waals surface area contributed by atoms with Crippen LogP contribution in [0.5, 0.6) is 0 Å². The van der Waals surface area contributed by atoms with E-state index in [-0.39, 0.29) is 16.7 Å². The molecule has 33 heavy (non-hydrogen) atoms. The molecule has 6 unspecified atom stereocenters. The number of nitrogens with two attached hydrogens (primary N) is 1. The maximum atomic E-state index is 11.3. The first-order valence-corrected chi connectivity index (χ1v) is 14.6. The molecule has 4 aliphatic carbocycles. The van der Waals surface area contributed by atoms with E-state index in [2.05, 4.69) is 24.0 Å². The lowest BCUT2D eigenvalue weighted by Crippen LogP contribution is -2.64. The van der Waals surface area contributed by atoms with Gasteiger partial charge in [0.2, 0.25) is 0 Å². The van der Waals surface area contributed by atoms with Gasteiger partial charge in [0.1, 0.15) is 0 Å². The first-order valence-electron chi connectivity index (χ1n) is 11.5. The third-order valence-electron chi connectivity index (χ3n) is 9.24. The zero-order valence-electron chi connectivity index (χ0n) is 19.4. The highest BCUT2D eigenvalue weighted by Gasteiger charge is 2.64. The number of allylic oxidation sites excluding steroid dienone is 2. The van der Waals surface area contributed by atoms with Crippen molar-refractivity contribution in [2.45, 2.75) is 83.8 Å². The number of nitrogens with one attached hydrogen (secondary N) is 1. The molecule has 0 saturated heterocycles. The first kappa shape index (κ1) is 25.5. The molecule has 0 aromatic carbocycles. The first-order chi connectivity index (χ1) is 15.1. The second kappa shape index (κ2) is 8.26. The van der Waals surface area contributed by atoms with Gasteiger partial charge in [-0.2, -0.15) is 4.62 Å². The number of rotatable bonds is 5. The van der Waals surface area contributed by atoms with Crippen LogP contribution in [0, 0.1) is 22.7 Å². The van der Waals surface area contributed by atoms with Gasteiger partial charge >= 0.3 is 15.6 Å². The number of phosphoric acid groups is 2. The highest BCUT2D eigenvalue weighted by Crippen LogP contribution is 2.68. The Hall–Kier alpha value is -0.540. The fourth-order valence-electron chi connectivity index (χ4n) is 7.62. The Morgan fingerprint density at radius 2 is 1.73 bits per heavy atom. The van der Waals surface area contributed by atoms with E-state index in [0.29, 0.717) is 18.0 Å². The summed E-state index contributed by atoms with van der Waals surface area (Å²) in [6.45, 7) is 6.22. The van der Waals surface area contributed by atoms with Crippen molar-refractivity contribution in [3.05, 3.63) is 22.9 Å². The number of hydrogen-bond donors (Lipinski definition) is 6. The van der Waals surface area contributed by atoms with Crippen molar-refractivity contribution in [3.63, 3.8) is 0 Å². The van der Waals surface area contributed by atoms with Gasteiger partial charge in [0.15, 0.2) is 0 Å². The number of hydroxylamine groups is 1. The second-order valence-electron chi connectivity index (χ2n) is 10.7. The molecule has 0 heterocycles. The van der Waals surface area contributed by atoms with Crippen molar-refractivity contribution >= 4 is 15.6 Å². The van der Waals surface area contributed by atoms with Gasteiger partial charge in [-0.25, -0.2) is 9.13 Å². The van der Waals surface area contributed by atoms with E-state index in [9.17, 15) is 18.9 Å². The predicted octanol–water partition coefficient (Wildman–Crippen LogP) is 3.40. The maximum Gasteiger partial charge on any atom is 0.491 e. The number of hydrogen-bond acceptors (Lipinski definition) is 6. The molecule has 0 aromatic heterocycles. The van der Waals surface area contributed by atoms with Crippen LogP contribution in [0.2, 0.25) is 0 Å². The van der Waals surface area contributed by atoms with Crippen LogP contribution >= 0.6 is 15.6 Å². The van der Waals surface area contributed by atoms with Gasteiger partial charge in [-0.05, 0) is 81.1 Å². The molecule has 3 saturated carbocycles. The standard InChI is InChI=1S/C21H36N2O8P2/c1-13(23-31-33(27,28)29)16-8-11-21(22)18-5-4-14-12-15(30-32(24,25)26)6-9-19(14,2)17(18)7-10-20(16,21)3/h12,15,17-18,23H,4-11,22H2,1-3H3,(H2,24,25,26)(H2,27,28,29)/b16-13-. The molecule has 0 aliphatic heterocycles. The van der Waals surface area contributed by atoms with Crippen LogP contribution in [0.25, 0.3) is 0 Å². The number of phosphoric ester groups is 1.